The highest BCUT2D eigenvalue weighted by Crippen LogP contribution is 2.24. The minimum Gasteiger partial charge on any atom is -0.390 e. The molecule has 0 radical (unpaired) electrons. The van der Waals surface area contributed by atoms with Gasteiger partial charge in [0.1, 0.15) is 0 Å². The molecule has 1 aliphatic rings. The second-order valence-corrected chi connectivity index (χ2v) is 6.23. The zero-order valence-electron chi connectivity index (χ0n) is 11.9. The fourth-order valence-corrected chi connectivity index (χ4v) is 2.95. The van der Waals surface area contributed by atoms with Crippen LogP contribution in [0, 0.1) is 18.8 Å². The van der Waals surface area contributed by atoms with E-state index in [9.17, 15) is 5.11 Å². The van der Waals surface area contributed by atoms with E-state index in [-0.39, 0.29) is 12.1 Å². The van der Waals surface area contributed by atoms with Gasteiger partial charge in [0.15, 0.2) is 0 Å². The van der Waals surface area contributed by atoms with E-state index in [0.29, 0.717) is 6.54 Å². The number of imidazole rings is 1. The summed E-state index contributed by atoms with van der Waals surface area (Å²) in [7, 11) is 0. The van der Waals surface area contributed by atoms with Gasteiger partial charge in [-0.15, -0.1) is 0 Å². The number of halogens is 1. The van der Waals surface area contributed by atoms with Gasteiger partial charge in [0.05, 0.1) is 36.1 Å². The maximum absolute atomic E-state index is 9.88. The summed E-state index contributed by atoms with van der Waals surface area (Å²) in [4.78, 5) is 4.46. The number of benzene rings is 1. The van der Waals surface area contributed by atoms with Crippen LogP contribution in [0.15, 0.2) is 22.9 Å². The lowest BCUT2D eigenvalue weighted by molar-refractivity contribution is 0.118. The second-order valence-electron chi connectivity index (χ2n) is 5.38. The predicted molar refractivity (Wildman–Crippen MR) is 87.0 cm³/mol. The third kappa shape index (κ3) is 2.98. The van der Waals surface area contributed by atoms with Crippen LogP contribution in [0.2, 0.25) is 0 Å². The van der Waals surface area contributed by atoms with Crippen molar-refractivity contribution in [3.8, 4) is 11.8 Å². The van der Waals surface area contributed by atoms with Crippen molar-refractivity contribution in [2.75, 3.05) is 6.54 Å². The monoisotopic (exact) mass is 347 g/mol. The van der Waals surface area contributed by atoms with E-state index >= 15 is 0 Å². The number of hydrogen-bond acceptors (Lipinski definition) is 3. The molecule has 2 aromatic rings. The van der Waals surface area contributed by atoms with Gasteiger partial charge in [-0.2, -0.15) is 0 Å². The first kappa shape index (κ1) is 14.6. The zero-order valence-corrected chi connectivity index (χ0v) is 13.5. The van der Waals surface area contributed by atoms with Gasteiger partial charge in [-0.1, -0.05) is 27.8 Å². The standard InChI is InChI=1S/C16H18BrN3O/c1-11-12(17)6-7-14-16(11)19-10-20(14)9-3-4-13-15(21)5-2-8-18-13/h6-7,10,13,15,18,21H,2,5,8-9H2,1H3. The third-order valence-electron chi connectivity index (χ3n) is 3.91. The Morgan fingerprint density at radius 2 is 2.38 bits per heavy atom. The summed E-state index contributed by atoms with van der Waals surface area (Å²) in [6.45, 7) is 3.57. The van der Waals surface area contributed by atoms with Gasteiger partial charge < -0.3 is 15.0 Å². The molecule has 1 aromatic heterocycles. The molecular weight excluding hydrogens is 330 g/mol. The highest BCUT2D eigenvalue weighted by molar-refractivity contribution is 9.10. The fourth-order valence-electron chi connectivity index (χ4n) is 2.63. The van der Waals surface area contributed by atoms with E-state index in [1.165, 1.54) is 0 Å². The number of aliphatic hydroxyl groups excluding tert-OH is 1. The van der Waals surface area contributed by atoms with Gasteiger partial charge in [-0.25, -0.2) is 4.98 Å². The van der Waals surface area contributed by atoms with Crippen molar-refractivity contribution in [3.63, 3.8) is 0 Å². The summed E-state index contributed by atoms with van der Waals surface area (Å²) >= 11 is 3.52. The molecule has 3 rings (SSSR count). The molecule has 0 saturated carbocycles. The van der Waals surface area contributed by atoms with E-state index in [4.69, 9.17) is 0 Å². The topological polar surface area (TPSA) is 50.1 Å². The Morgan fingerprint density at radius 1 is 1.52 bits per heavy atom. The number of nitrogens with one attached hydrogen (secondary N) is 1. The number of rotatable bonds is 1. The number of aromatic nitrogens is 2. The smallest absolute Gasteiger partial charge is 0.0967 e. The molecule has 1 saturated heterocycles. The lowest BCUT2D eigenvalue weighted by atomic mass is 10.0. The predicted octanol–water partition coefficient (Wildman–Crippen LogP) is 2.22. The minimum atomic E-state index is -0.357. The minimum absolute atomic E-state index is 0.107. The molecule has 0 spiro atoms. The van der Waals surface area contributed by atoms with Crippen LogP contribution >= 0.6 is 15.9 Å². The highest BCUT2D eigenvalue weighted by Gasteiger charge is 2.19. The Balaban J connectivity index is 1.79. The van der Waals surface area contributed by atoms with Gasteiger partial charge in [-0.05, 0) is 44.0 Å². The largest absolute Gasteiger partial charge is 0.390 e. The molecule has 2 N–H and O–H groups in total. The Morgan fingerprint density at radius 3 is 3.19 bits per heavy atom. The van der Waals surface area contributed by atoms with Crippen molar-refractivity contribution in [2.45, 2.75) is 38.5 Å². The Hall–Kier alpha value is -1.35. The number of aliphatic hydroxyl groups is 1. The van der Waals surface area contributed by atoms with Crippen LogP contribution in [-0.4, -0.2) is 33.3 Å². The number of aryl methyl sites for hydroxylation is 1. The average Bonchev–Trinajstić information content (AvgIpc) is 2.89. The number of nitrogens with zero attached hydrogens (tertiary/aromatic N) is 2. The van der Waals surface area contributed by atoms with E-state index in [0.717, 1.165) is 40.5 Å². The van der Waals surface area contributed by atoms with Crippen LogP contribution in [-0.2, 0) is 6.54 Å². The number of hydrogen-bond donors (Lipinski definition) is 2. The molecule has 1 aromatic carbocycles. The summed E-state index contributed by atoms with van der Waals surface area (Å²) < 4.78 is 3.11. The summed E-state index contributed by atoms with van der Waals surface area (Å²) in [5.74, 6) is 6.28. The van der Waals surface area contributed by atoms with Crippen molar-refractivity contribution in [1.82, 2.24) is 14.9 Å². The molecule has 5 heteroatoms. The van der Waals surface area contributed by atoms with Crippen LogP contribution in [0.1, 0.15) is 18.4 Å². The van der Waals surface area contributed by atoms with E-state index < -0.39 is 0 Å². The maximum atomic E-state index is 9.88. The molecule has 1 aliphatic heterocycles. The fraction of sp³-hybridized carbons (Fsp3) is 0.438. The normalized spacial score (nSPS) is 22.0. The average molecular weight is 348 g/mol. The summed E-state index contributed by atoms with van der Waals surface area (Å²) in [6, 6.07) is 3.98. The highest BCUT2D eigenvalue weighted by atomic mass is 79.9. The molecule has 0 aliphatic carbocycles. The first-order valence-corrected chi connectivity index (χ1v) is 7.96. The summed E-state index contributed by atoms with van der Waals surface area (Å²) in [5.41, 5.74) is 3.23. The summed E-state index contributed by atoms with van der Waals surface area (Å²) in [6.07, 6.45) is 3.31. The lowest BCUT2D eigenvalue weighted by Gasteiger charge is -2.24. The maximum Gasteiger partial charge on any atom is 0.0967 e. The van der Waals surface area contributed by atoms with Crippen molar-refractivity contribution in [3.05, 3.63) is 28.5 Å². The quantitative estimate of drug-likeness (QED) is 0.777. The molecule has 1 fully saturated rings. The van der Waals surface area contributed by atoms with Crippen LogP contribution in [0.5, 0.6) is 0 Å². The molecule has 4 nitrogen and oxygen atoms in total. The van der Waals surface area contributed by atoms with Crippen molar-refractivity contribution in [1.29, 1.82) is 0 Å². The van der Waals surface area contributed by atoms with Gasteiger partial charge in [0.25, 0.3) is 0 Å². The summed E-state index contributed by atoms with van der Waals surface area (Å²) in [5, 5.41) is 13.1. The van der Waals surface area contributed by atoms with Crippen LogP contribution in [0.4, 0.5) is 0 Å². The lowest BCUT2D eigenvalue weighted by Crippen LogP contribution is -2.43. The van der Waals surface area contributed by atoms with Crippen LogP contribution in [0.3, 0.4) is 0 Å². The number of fused-ring (bicyclic) bond motifs is 1. The molecule has 2 unspecified atom stereocenters. The Bertz CT molecular complexity index is 713. The third-order valence-corrected chi connectivity index (χ3v) is 4.77. The molecular formula is C16H18BrN3O. The molecule has 2 atom stereocenters. The van der Waals surface area contributed by atoms with E-state index in [1.54, 1.807) is 0 Å². The van der Waals surface area contributed by atoms with Crippen molar-refractivity contribution >= 4 is 27.0 Å². The Labute approximate surface area is 132 Å². The van der Waals surface area contributed by atoms with Crippen molar-refractivity contribution < 1.29 is 5.11 Å². The molecule has 110 valence electrons. The second kappa shape index (κ2) is 6.18. The molecule has 2 heterocycles. The van der Waals surface area contributed by atoms with Crippen LogP contribution in [0.25, 0.3) is 11.0 Å². The number of piperidine rings is 1. The van der Waals surface area contributed by atoms with E-state index in [1.807, 2.05) is 17.0 Å². The zero-order chi connectivity index (χ0) is 14.8. The SMILES string of the molecule is Cc1c(Br)ccc2c1ncn2CC#CC1NCCCC1O. The first-order valence-electron chi connectivity index (χ1n) is 7.16. The van der Waals surface area contributed by atoms with Gasteiger partial charge in [0, 0.05) is 4.47 Å². The van der Waals surface area contributed by atoms with E-state index in [2.05, 4.69) is 51.1 Å². The van der Waals surface area contributed by atoms with Gasteiger partial charge in [0.2, 0.25) is 0 Å². The van der Waals surface area contributed by atoms with Crippen molar-refractivity contribution in [2.24, 2.45) is 0 Å². The Kier molecular flexibility index (Phi) is 4.29. The molecule has 0 amide bonds. The first-order chi connectivity index (χ1) is 10.2. The van der Waals surface area contributed by atoms with Gasteiger partial charge >= 0.3 is 0 Å². The molecule has 0 bridgehead atoms. The van der Waals surface area contributed by atoms with Crippen LogP contribution < -0.4 is 5.32 Å². The molecule has 21 heavy (non-hydrogen) atoms. The van der Waals surface area contributed by atoms with Gasteiger partial charge in [-0.3, -0.25) is 0 Å².